The molecule has 0 aliphatic carbocycles. The molecule has 0 saturated heterocycles. The van der Waals surface area contributed by atoms with Crippen molar-refractivity contribution in [3.63, 3.8) is 0 Å². The standard InChI is InChI=1S/C7H7O4S/c1-5-4-6(12(9,10)11)2-3-7(5)8/h2-4,8H,1H2,(H,9,10,11). The lowest BCUT2D eigenvalue weighted by molar-refractivity contribution is 0.470. The van der Waals surface area contributed by atoms with Gasteiger partial charge < -0.3 is 5.11 Å². The van der Waals surface area contributed by atoms with Crippen molar-refractivity contribution in [3.05, 3.63) is 30.7 Å². The van der Waals surface area contributed by atoms with Gasteiger partial charge in [0.05, 0.1) is 4.90 Å². The monoisotopic (exact) mass is 187 g/mol. The SMILES string of the molecule is [CH2]c1cc(S(=O)(=O)O)ccc1O. The predicted octanol–water partition coefficient (Wildman–Crippen LogP) is 0.821. The van der Waals surface area contributed by atoms with Crippen molar-refractivity contribution < 1.29 is 18.1 Å². The molecular weight excluding hydrogens is 180 g/mol. The summed E-state index contributed by atoms with van der Waals surface area (Å²) in [6.45, 7) is 3.37. The highest BCUT2D eigenvalue weighted by molar-refractivity contribution is 7.85. The Balaban J connectivity index is 3.33. The van der Waals surface area contributed by atoms with Crippen molar-refractivity contribution in [1.82, 2.24) is 0 Å². The zero-order valence-corrected chi connectivity index (χ0v) is 6.87. The summed E-state index contributed by atoms with van der Waals surface area (Å²) < 4.78 is 29.7. The van der Waals surface area contributed by atoms with E-state index in [1.807, 2.05) is 0 Å². The van der Waals surface area contributed by atoms with E-state index >= 15 is 0 Å². The first-order valence-corrected chi connectivity index (χ1v) is 4.48. The second kappa shape index (κ2) is 2.76. The maximum Gasteiger partial charge on any atom is 0.294 e. The van der Waals surface area contributed by atoms with Gasteiger partial charge in [-0.1, -0.05) is 0 Å². The summed E-state index contributed by atoms with van der Waals surface area (Å²) in [5.74, 6) is -0.109. The van der Waals surface area contributed by atoms with Gasteiger partial charge in [0, 0.05) is 0 Å². The lowest BCUT2D eigenvalue weighted by atomic mass is 10.2. The Hall–Kier alpha value is -1.07. The van der Waals surface area contributed by atoms with Crippen molar-refractivity contribution in [1.29, 1.82) is 0 Å². The summed E-state index contributed by atoms with van der Waals surface area (Å²) >= 11 is 0. The van der Waals surface area contributed by atoms with E-state index in [2.05, 4.69) is 6.92 Å². The highest BCUT2D eigenvalue weighted by atomic mass is 32.2. The molecule has 1 rings (SSSR count). The van der Waals surface area contributed by atoms with Crippen LogP contribution in [0.2, 0.25) is 0 Å². The molecule has 1 aromatic carbocycles. The second-order valence-electron chi connectivity index (χ2n) is 2.27. The van der Waals surface area contributed by atoms with E-state index in [4.69, 9.17) is 9.66 Å². The predicted molar refractivity (Wildman–Crippen MR) is 42.4 cm³/mol. The summed E-state index contributed by atoms with van der Waals surface area (Å²) in [6, 6.07) is 3.34. The number of phenolic OH excluding ortho intramolecular Hbond substituents is 1. The summed E-state index contributed by atoms with van der Waals surface area (Å²) in [6.07, 6.45) is 0. The molecule has 65 valence electrons. The van der Waals surface area contributed by atoms with Crippen LogP contribution in [0.15, 0.2) is 23.1 Å². The Morgan fingerprint density at radius 1 is 1.33 bits per heavy atom. The van der Waals surface area contributed by atoms with Crippen molar-refractivity contribution in [2.24, 2.45) is 0 Å². The molecule has 0 aromatic heterocycles. The molecule has 1 radical (unpaired) electrons. The largest absolute Gasteiger partial charge is 0.508 e. The fraction of sp³-hybridized carbons (Fsp3) is 0. The maximum absolute atomic E-state index is 10.5. The molecular formula is C7H7O4S. The van der Waals surface area contributed by atoms with Gasteiger partial charge in [-0.05, 0) is 30.7 Å². The Kier molecular flexibility index (Phi) is 2.08. The minimum absolute atomic E-state index is 0.109. The van der Waals surface area contributed by atoms with Gasteiger partial charge >= 0.3 is 0 Å². The third kappa shape index (κ3) is 1.75. The van der Waals surface area contributed by atoms with Gasteiger partial charge in [0.1, 0.15) is 5.75 Å². The zero-order chi connectivity index (χ0) is 9.35. The van der Waals surface area contributed by atoms with E-state index in [1.165, 1.54) is 0 Å². The first-order chi connectivity index (χ1) is 5.41. The topological polar surface area (TPSA) is 74.6 Å². The van der Waals surface area contributed by atoms with Crippen LogP contribution < -0.4 is 0 Å². The smallest absolute Gasteiger partial charge is 0.294 e. The van der Waals surface area contributed by atoms with Crippen LogP contribution in [0.5, 0.6) is 5.75 Å². The highest BCUT2D eigenvalue weighted by Crippen LogP contribution is 2.19. The Labute approximate surface area is 70.2 Å². The molecule has 2 N–H and O–H groups in total. The molecule has 0 unspecified atom stereocenters. The van der Waals surface area contributed by atoms with Crippen molar-refractivity contribution in [3.8, 4) is 5.75 Å². The average Bonchev–Trinajstić information content (AvgIpc) is 1.92. The van der Waals surface area contributed by atoms with E-state index in [-0.39, 0.29) is 16.2 Å². The van der Waals surface area contributed by atoms with Crippen LogP contribution in [0.25, 0.3) is 0 Å². The average molecular weight is 187 g/mol. The molecule has 12 heavy (non-hydrogen) atoms. The van der Waals surface area contributed by atoms with Crippen molar-refractivity contribution >= 4 is 10.1 Å². The van der Waals surface area contributed by atoms with Crippen molar-refractivity contribution in [2.45, 2.75) is 4.90 Å². The van der Waals surface area contributed by atoms with Gasteiger partial charge in [0.15, 0.2) is 0 Å². The van der Waals surface area contributed by atoms with Gasteiger partial charge in [-0.25, -0.2) is 0 Å². The zero-order valence-electron chi connectivity index (χ0n) is 6.06. The minimum atomic E-state index is -4.19. The molecule has 0 amide bonds. The lowest BCUT2D eigenvalue weighted by Crippen LogP contribution is -1.97. The fourth-order valence-electron chi connectivity index (χ4n) is 0.722. The maximum atomic E-state index is 10.5. The molecule has 0 atom stereocenters. The number of rotatable bonds is 1. The van der Waals surface area contributed by atoms with Gasteiger partial charge in [0.2, 0.25) is 0 Å². The van der Waals surface area contributed by atoms with E-state index in [9.17, 15) is 8.42 Å². The molecule has 4 nitrogen and oxygen atoms in total. The first-order valence-electron chi connectivity index (χ1n) is 3.04. The summed E-state index contributed by atoms with van der Waals surface area (Å²) in [5.41, 5.74) is 0.158. The Bertz CT molecular complexity index is 394. The lowest BCUT2D eigenvalue weighted by Gasteiger charge is -2.00. The van der Waals surface area contributed by atoms with Gasteiger partial charge in [-0.15, -0.1) is 0 Å². The number of benzene rings is 1. The van der Waals surface area contributed by atoms with Gasteiger partial charge in [-0.2, -0.15) is 8.42 Å². The normalized spacial score (nSPS) is 11.5. The van der Waals surface area contributed by atoms with Crippen LogP contribution in [0.4, 0.5) is 0 Å². The van der Waals surface area contributed by atoms with E-state index in [0.29, 0.717) is 0 Å². The quantitative estimate of drug-likeness (QED) is 0.638. The van der Waals surface area contributed by atoms with E-state index < -0.39 is 10.1 Å². The third-order valence-electron chi connectivity index (χ3n) is 1.35. The van der Waals surface area contributed by atoms with Gasteiger partial charge in [0.25, 0.3) is 10.1 Å². The van der Waals surface area contributed by atoms with Crippen LogP contribution in [-0.4, -0.2) is 18.1 Å². The molecule has 0 bridgehead atoms. The Morgan fingerprint density at radius 2 is 1.92 bits per heavy atom. The van der Waals surface area contributed by atoms with E-state index in [1.54, 1.807) is 0 Å². The number of phenols is 1. The molecule has 5 heteroatoms. The molecule has 0 spiro atoms. The first kappa shape index (κ1) is 9.02. The molecule has 0 aliphatic rings. The van der Waals surface area contributed by atoms with Crippen LogP contribution in [0, 0.1) is 6.92 Å². The molecule has 0 heterocycles. The van der Waals surface area contributed by atoms with Crippen LogP contribution >= 0.6 is 0 Å². The molecule has 0 aliphatic heterocycles. The molecule has 1 aromatic rings. The number of hydrogen-bond donors (Lipinski definition) is 2. The van der Waals surface area contributed by atoms with Crippen LogP contribution in [-0.2, 0) is 10.1 Å². The second-order valence-corrected chi connectivity index (χ2v) is 3.69. The highest BCUT2D eigenvalue weighted by Gasteiger charge is 2.09. The van der Waals surface area contributed by atoms with Gasteiger partial charge in [-0.3, -0.25) is 4.55 Å². The van der Waals surface area contributed by atoms with E-state index in [0.717, 1.165) is 18.2 Å². The summed E-state index contributed by atoms with van der Waals surface area (Å²) in [4.78, 5) is -0.273. The number of aromatic hydroxyl groups is 1. The molecule has 0 saturated carbocycles. The van der Waals surface area contributed by atoms with Crippen molar-refractivity contribution in [2.75, 3.05) is 0 Å². The fourth-order valence-corrected chi connectivity index (χ4v) is 1.25. The summed E-state index contributed by atoms with van der Waals surface area (Å²) in [5, 5.41) is 8.97. The Morgan fingerprint density at radius 3 is 2.33 bits per heavy atom. The van der Waals surface area contributed by atoms with Crippen LogP contribution in [0.3, 0.4) is 0 Å². The summed E-state index contributed by atoms with van der Waals surface area (Å²) in [7, 11) is -4.19. The minimum Gasteiger partial charge on any atom is -0.508 e. The number of hydrogen-bond acceptors (Lipinski definition) is 3. The third-order valence-corrected chi connectivity index (χ3v) is 2.20. The van der Waals surface area contributed by atoms with Crippen LogP contribution in [0.1, 0.15) is 5.56 Å². The molecule has 0 fully saturated rings.